The number of Topliss-reactive ketones (excluding diaryl/α,β-unsaturated/α-hetero) is 1. The minimum absolute atomic E-state index is 0.0650. The van der Waals surface area contributed by atoms with E-state index < -0.39 is 0 Å². The molecule has 1 aromatic rings. The smallest absolute Gasteiger partial charge is 0.161 e. The van der Waals surface area contributed by atoms with Gasteiger partial charge >= 0.3 is 0 Å². The molecule has 0 amide bonds. The van der Waals surface area contributed by atoms with Crippen LogP contribution in [0.15, 0.2) is 18.2 Å². The molecule has 1 atom stereocenters. The van der Waals surface area contributed by atoms with Gasteiger partial charge in [-0.3, -0.25) is 4.79 Å². The summed E-state index contributed by atoms with van der Waals surface area (Å²) in [6.45, 7) is 3.00. The van der Waals surface area contributed by atoms with Gasteiger partial charge in [-0.1, -0.05) is 6.07 Å². The highest BCUT2D eigenvalue weighted by molar-refractivity contribution is 5.78. The summed E-state index contributed by atoms with van der Waals surface area (Å²) in [4.78, 5) is 11.2. The van der Waals surface area contributed by atoms with Crippen molar-refractivity contribution in [1.29, 1.82) is 0 Å². The van der Waals surface area contributed by atoms with E-state index in [-0.39, 0.29) is 11.9 Å². The maximum absolute atomic E-state index is 11.2. The Morgan fingerprint density at radius 1 is 1.42 bits per heavy atom. The summed E-state index contributed by atoms with van der Waals surface area (Å²) in [5.74, 6) is 1.52. The average molecular weight is 264 g/mol. The summed E-state index contributed by atoms with van der Waals surface area (Å²) in [5, 5.41) is 0. The van der Waals surface area contributed by atoms with Crippen molar-refractivity contribution in [3.63, 3.8) is 0 Å². The van der Waals surface area contributed by atoms with E-state index >= 15 is 0 Å². The van der Waals surface area contributed by atoms with Crippen molar-refractivity contribution in [2.24, 2.45) is 0 Å². The molecule has 1 saturated heterocycles. The van der Waals surface area contributed by atoms with Crippen molar-refractivity contribution in [2.45, 2.75) is 32.3 Å². The largest absolute Gasteiger partial charge is 0.493 e. The van der Waals surface area contributed by atoms with Crippen LogP contribution in [0.4, 0.5) is 0 Å². The van der Waals surface area contributed by atoms with E-state index in [0.717, 1.165) is 25.0 Å². The van der Waals surface area contributed by atoms with Gasteiger partial charge in [-0.25, -0.2) is 0 Å². The van der Waals surface area contributed by atoms with Gasteiger partial charge in [0, 0.05) is 13.0 Å². The lowest BCUT2D eigenvalue weighted by Crippen LogP contribution is -2.28. The van der Waals surface area contributed by atoms with E-state index in [1.54, 1.807) is 14.0 Å². The molecule has 0 saturated carbocycles. The van der Waals surface area contributed by atoms with Crippen molar-refractivity contribution < 1.29 is 19.0 Å². The predicted octanol–water partition coefficient (Wildman–Crippen LogP) is 2.38. The third-order valence-electron chi connectivity index (χ3n) is 3.09. The first-order valence-electron chi connectivity index (χ1n) is 6.60. The van der Waals surface area contributed by atoms with Crippen molar-refractivity contribution in [3.8, 4) is 11.5 Å². The maximum atomic E-state index is 11.2. The highest BCUT2D eigenvalue weighted by Gasteiger charge is 2.17. The Morgan fingerprint density at radius 2 is 2.26 bits per heavy atom. The molecule has 0 aliphatic carbocycles. The number of carbonyl (C=O) groups is 1. The van der Waals surface area contributed by atoms with Gasteiger partial charge in [0.15, 0.2) is 11.5 Å². The van der Waals surface area contributed by atoms with E-state index in [2.05, 4.69) is 0 Å². The molecule has 1 aliphatic rings. The minimum Gasteiger partial charge on any atom is -0.493 e. The van der Waals surface area contributed by atoms with Gasteiger partial charge in [0.1, 0.15) is 11.9 Å². The Hall–Kier alpha value is -1.55. The zero-order valence-corrected chi connectivity index (χ0v) is 11.5. The van der Waals surface area contributed by atoms with Gasteiger partial charge in [0.05, 0.1) is 13.7 Å². The molecule has 2 rings (SSSR count). The van der Waals surface area contributed by atoms with E-state index in [4.69, 9.17) is 14.2 Å². The lowest BCUT2D eigenvalue weighted by atomic mass is 10.1. The zero-order valence-electron chi connectivity index (χ0n) is 11.5. The molecule has 1 aromatic carbocycles. The molecular weight excluding hydrogens is 244 g/mol. The molecule has 1 heterocycles. The fraction of sp³-hybridized carbons (Fsp3) is 0.533. The Bertz CT molecular complexity index is 436. The molecule has 104 valence electrons. The van der Waals surface area contributed by atoms with Gasteiger partial charge in [-0.2, -0.15) is 0 Å². The van der Waals surface area contributed by atoms with Crippen LogP contribution in [0.2, 0.25) is 0 Å². The Morgan fingerprint density at radius 3 is 2.89 bits per heavy atom. The summed E-state index contributed by atoms with van der Waals surface area (Å²) in [6.07, 6.45) is 2.48. The van der Waals surface area contributed by atoms with Gasteiger partial charge in [0.2, 0.25) is 0 Å². The highest BCUT2D eigenvalue weighted by Crippen LogP contribution is 2.30. The fourth-order valence-electron chi connectivity index (χ4n) is 2.19. The highest BCUT2D eigenvalue weighted by atomic mass is 16.5. The maximum Gasteiger partial charge on any atom is 0.161 e. The van der Waals surface area contributed by atoms with Gasteiger partial charge in [0.25, 0.3) is 0 Å². The number of rotatable bonds is 5. The van der Waals surface area contributed by atoms with Crippen molar-refractivity contribution in [3.05, 3.63) is 23.8 Å². The van der Waals surface area contributed by atoms with Crippen LogP contribution >= 0.6 is 0 Å². The van der Waals surface area contributed by atoms with Crippen LogP contribution in [0.1, 0.15) is 25.3 Å². The summed E-state index contributed by atoms with van der Waals surface area (Å²) >= 11 is 0. The van der Waals surface area contributed by atoms with Crippen molar-refractivity contribution in [1.82, 2.24) is 0 Å². The SMILES string of the molecule is COc1ccc(CC(C)=O)cc1OC1CCCOC1. The number of hydrogen-bond acceptors (Lipinski definition) is 4. The van der Waals surface area contributed by atoms with Crippen LogP contribution in [-0.4, -0.2) is 32.2 Å². The van der Waals surface area contributed by atoms with Crippen LogP contribution in [-0.2, 0) is 16.0 Å². The number of ketones is 1. The molecule has 0 spiro atoms. The van der Waals surface area contributed by atoms with Crippen molar-refractivity contribution in [2.75, 3.05) is 20.3 Å². The Kier molecular flexibility index (Phi) is 4.80. The molecule has 0 bridgehead atoms. The van der Waals surface area contributed by atoms with E-state index in [1.807, 2.05) is 18.2 Å². The second-order valence-corrected chi connectivity index (χ2v) is 4.82. The lowest BCUT2D eigenvalue weighted by molar-refractivity contribution is -0.116. The van der Waals surface area contributed by atoms with Gasteiger partial charge in [-0.05, 0) is 37.5 Å². The predicted molar refractivity (Wildman–Crippen MR) is 71.8 cm³/mol. The van der Waals surface area contributed by atoms with E-state index in [1.165, 1.54) is 0 Å². The number of benzene rings is 1. The topological polar surface area (TPSA) is 44.8 Å². The van der Waals surface area contributed by atoms with E-state index in [9.17, 15) is 4.79 Å². The third-order valence-corrected chi connectivity index (χ3v) is 3.09. The summed E-state index contributed by atoms with van der Waals surface area (Å²) < 4.78 is 16.6. The first kappa shape index (κ1) is 13.9. The summed E-state index contributed by atoms with van der Waals surface area (Å²) in [7, 11) is 1.62. The van der Waals surface area contributed by atoms with E-state index in [0.29, 0.717) is 24.5 Å². The normalized spacial score (nSPS) is 18.9. The first-order valence-corrected chi connectivity index (χ1v) is 6.60. The third kappa shape index (κ3) is 3.96. The van der Waals surface area contributed by atoms with Gasteiger partial charge in [-0.15, -0.1) is 0 Å². The molecular formula is C15H20O4. The molecule has 4 heteroatoms. The second-order valence-electron chi connectivity index (χ2n) is 4.82. The second kappa shape index (κ2) is 6.57. The quantitative estimate of drug-likeness (QED) is 0.819. The average Bonchev–Trinajstić information content (AvgIpc) is 2.39. The molecule has 4 nitrogen and oxygen atoms in total. The molecule has 0 radical (unpaired) electrons. The summed E-state index contributed by atoms with van der Waals surface area (Å²) in [6, 6.07) is 5.62. The number of carbonyl (C=O) groups excluding carboxylic acids is 1. The molecule has 0 N–H and O–H groups in total. The number of hydrogen-bond donors (Lipinski definition) is 0. The van der Waals surface area contributed by atoms with Gasteiger partial charge < -0.3 is 14.2 Å². The molecule has 1 unspecified atom stereocenters. The zero-order chi connectivity index (χ0) is 13.7. The Balaban J connectivity index is 2.12. The number of methoxy groups -OCH3 is 1. The Labute approximate surface area is 113 Å². The minimum atomic E-state index is 0.0650. The molecule has 1 fully saturated rings. The van der Waals surface area contributed by atoms with Crippen LogP contribution in [0.25, 0.3) is 0 Å². The lowest BCUT2D eigenvalue weighted by Gasteiger charge is -2.24. The fourth-order valence-corrected chi connectivity index (χ4v) is 2.19. The molecule has 1 aliphatic heterocycles. The summed E-state index contributed by atoms with van der Waals surface area (Å²) in [5.41, 5.74) is 0.944. The van der Waals surface area contributed by atoms with Crippen molar-refractivity contribution >= 4 is 5.78 Å². The molecule has 19 heavy (non-hydrogen) atoms. The monoisotopic (exact) mass is 264 g/mol. The first-order chi connectivity index (χ1) is 9.19. The van der Waals surface area contributed by atoms with Crippen LogP contribution in [0.5, 0.6) is 11.5 Å². The van der Waals surface area contributed by atoms with Crippen LogP contribution in [0, 0.1) is 0 Å². The van der Waals surface area contributed by atoms with Crippen LogP contribution < -0.4 is 9.47 Å². The van der Waals surface area contributed by atoms with Crippen LogP contribution in [0.3, 0.4) is 0 Å². The molecule has 0 aromatic heterocycles. The standard InChI is InChI=1S/C15H20O4/c1-11(16)8-12-5-6-14(17-2)15(9-12)19-13-4-3-7-18-10-13/h5-6,9,13H,3-4,7-8,10H2,1-2H3. The number of ether oxygens (including phenoxy) is 3.